The SMILES string of the molecule is CC(C)Nc1cnn(Cc2ccc(Cl)c(Cl)c2)c(=O)c1. The van der Waals surface area contributed by atoms with Crippen molar-refractivity contribution in [2.75, 3.05) is 5.32 Å². The van der Waals surface area contributed by atoms with Gasteiger partial charge in [-0.25, -0.2) is 4.68 Å². The molecule has 1 N–H and O–H groups in total. The van der Waals surface area contributed by atoms with Crippen LogP contribution in [-0.2, 0) is 6.54 Å². The predicted octanol–water partition coefficient (Wildman–Crippen LogP) is 3.42. The zero-order valence-corrected chi connectivity index (χ0v) is 12.7. The van der Waals surface area contributed by atoms with Crippen LogP contribution in [0.5, 0.6) is 0 Å². The first-order chi connectivity index (χ1) is 9.45. The molecule has 4 nitrogen and oxygen atoms in total. The van der Waals surface area contributed by atoms with Gasteiger partial charge in [0, 0.05) is 12.1 Å². The van der Waals surface area contributed by atoms with Crippen LogP contribution in [0.2, 0.25) is 10.0 Å². The molecule has 0 unspecified atom stereocenters. The topological polar surface area (TPSA) is 46.9 Å². The molecule has 1 heterocycles. The molecule has 0 aliphatic rings. The largest absolute Gasteiger partial charge is 0.381 e. The third kappa shape index (κ3) is 3.74. The first-order valence-corrected chi connectivity index (χ1v) is 6.99. The quantitative estimate of drug-likeness (QED) is 0.941. The van der Waals surface area contributed by atoms with Crippen molar-refractivity contribution in [1.82, 2.24) is 9.78 Å². The van der Waals surface area contributed by atoms with E-state index in [-0.39, 0.29) is 11.6 Å². The molecular formula is C14H15Cl2N3O. The summed E-state index contributed by atoms with van der Waals surface area (Å²) in [5.74, 6) is 0. The lowest BCUT2D eigenvalue weighted by Gasteiger charge is -2.10. The van der Waals surface area contributed by atoms with Crippen molar-refractivity contribution in [3.05, 3.63) is 56.4 Å². The van der Waals surface area contributed by atoms with Gasteiger partial charge in [-0.1, -0.05) is 29.3 Å². The second-order valence-electron chi connectivity index (χ2n) is 4.79. The van der Waals surface area contributed by atoms with Crippen molar-refractivity contribution in [1.29, 1.82) is 0 Å². The zero-order valence-electron chi connectivity index (χ0n) is 11.2. The molecule has 2 rings (SSSR count). The van der Waals surface area contributed by atoms with Gasteiger partial charge in [-0.3, -0.25) is 4.79 Å². The zero-order chi connectivity index (χ0) is 14.7. The Morgan fingerprint density at radius 1 is 1.25 bits per heavy atom. The fourth-order valence-electron chi connectivity index (χ4n) is 1.78. The van der Waals surface area contributed by atoms with Crippen LogP contribution >= 0.6 is 23.2 Å². The molecule has 0 bridgehead atoms. The van der Waals surface area contributed by atoms with Crippen molar-refractivity contribution < 1.29 is 0 Å². The van der Waals surface area contributed by atoms with Gasteiger partial charge in [0.2, 0.25) is 0 Å². The molecule has 1 aromatic heterocycles. The van der Waals surface area contributed by atoms with Gasteiger partial charge in [0.15, 0.2) is 0 Å². The molecule has 106 valence electrons. The minimum atomic E-state index is -0.165. The monoisotopic (exact) mass is 311 g/mol. The molecule has 0 saturated heterocycles. The molecular weight excluding hydrogens is 297 g/mol. The summed E-state index contributed by atoms with van der Waals surface area (Å²) >= 11 is 11.8. The highest BCUT2D eigenvalue weighted by Crippen LogP contribution is 2.22. The van der Waals surface area contributed by atoms with Crippen LogP contribution in [0.1, 0.15) is 19.4 Å². The highest BCUT2D eigenvalue weighted by atomic mass is 35.5. The molecule has 0 radical (unpaired) electrons. The van der Waals surface area contributed by atoms with E-state index in [1.165, 1.54) is 10.7 Å². The molecule has 0 amide bonds. The Morgan fingerprint density at radius 2 is 2.00 bits per heavy atom. The Morgan fingerprint density at radius 3 is 2.60 bits per heavy atom. The number of halogens is 2. The number of rotatable bonds is 4. The third-order valence-electron chi connectivity index (χ3n) is 2.64. The molecule has 0 saturated carbocycles. The fraction of sp³-hybridized carbons (Fsp3) is 0.286. The predicted molar refractivity (Wildman–Crippen MR) is 82.8 cm³/mol. The van der Waals surface area contributed by atoms with Crippen molar-refractivity contribution in [3.8, 4) is 0 Å². The van der Waals surface area contributed by atoms with Crippen molar-refractivity contribution in [2.45, 2.75) is 26.4 Å². The number of nitrogens with zero attached hydrogens (tertiary/aromatic N) is 2. The second kappa shape index (κ2) is 6.29. The van der Waals surface area contributed by atoms with Gasteiger partial charge in [-0.2, -0.15) is 5.10 Å². The van der Waals surface area contributed by atoms with Crippen LogP contribution in [0, 0.1) is 0 Å². The molecule has 0 spiro atoms. The lowest BCUT2D eigenvalue weighted by molar-refractivity contribution is 0.639. The Balaban J connectivity index is 2.21. The summed E-state index contributed by atoms with van der Waals surface area (Å²) in [7, 11) is 0. The standard InChI is InChI=1S/C14H15Cl2N3O/c1-9(2)18-11-6-14(20)19(17-7-11)8-10-3-4-12(15)13(16)5-10/h3-7,9,18H,8H2,1-2H3. The van der Waals surface area contributed by atoms with Gasteiger partial charge < -0.3 is 5.32 Å². The Hall–Kier alpha value is -1.52. The van der Waals surface area contributed by atoms with Crippen LogP contribution in [0.25, 0.3) is 0 Å². The Labute approximate surface area is 127 Å². The highest BCUT2D eigenvalue weighted by molar-refractivity contribution is 6.42. The summed E-state index contributed by atoms with van der Waals surface area (Å²) in [5, 5.41) is 8.24. The summed E-state index contributed by atoms with van der Waals surface area (Å²) in [4.78, 5) is 12.0. The number of hydrogen-bond acceptors (Lipinski definition) is 3. The van der Waals surface area contributed by atoms with Crippen LogP contribution in [0.15, 0.2) is 35.3 Å². The van der Waals surface area contributed by atoms with Crippen LogP contribution in [0.3, 0.4) is 0 Å². The van der Waals surface area contributed by atoms with E-state index >= 15 is 0 Å². The van der Waals surface area contributed by atoms with E-state index in [2.05, 4.69) is 10.4 Å². The fourth-order valence-corrected chi connectivity index (χ4v) is 2.10. The maximum Gasteiger partial charge on any atom is 0.269 e. The number of aromatic nitrogens is 2. The van der Waals surface area contributed by atoms with E-state index < -0.39 is 0 Å². The smallest absolute Gasteiger partial charge is 0.269 e. The average Bonchev–Trinajstić information content (AvgIpc) is 2.36. The van der Waals surface area contributed by atoms with E-state index in [4.69, 9.17) is 23.2 Å². The van der Waals surface area contributed by atoms with Gasteiger partial charge in [0.1, 0.15) is 0 Å². The number of anilines is 1. The van der Waals surface area contributed by atoms with Gasteiger partial charge in [0.25, 0.3) is 5.56 Å². The highest BCUT2D eigenvalue weighted by Gasteiger charge is 2.04. The Bertz CT molecular complexity index is 668. The number of hydrogen-bond donors (Lipinski definition) is 1. The van der Waals surface area contributed by atoms with Crippen LogP contribution < -0.4 is 10.9 Å². The van der Waals surface area contributed by atoms with Crippen LogP contribution in [0.4, 0.5) is 5.69 Å². The molecule has 0 aliphatic carbocycles. The number of benzene rings is 1. The van der Waals surface area contributed by atoms with Crippen molar-refractivity contribution in [3.63, 3.8) is 0 Å². The normalized spacial score (nSPS) is 10.8. The van der Waals surface area contributed by atoms with E-state index in [1.54, 1.807) is 18.3 Å². The molecule has 0 aliphatic heterocycles. The lowest BCUT2D eigenvalue weighted by atomic mass is 10.2. The minimum Gasteiger partial charge on any atom is -0.381 e. The molecule has 2 aromatic rings. The number of nitrogens with one attached hydrogen (secondary N) is 1. The van der Waals surface area contributed by atoms with Crippen LogP contribution in [-0.4, -0.2) is 15.8 Å². The van der Waals surface area contributed by atoms with Gasteiger partial charge >= 0.3 is 0 Å². The summed E-state index contributed by atoms with van der Waals surface area (Å²) in [6, 6.07) is 7.05. The third-order valence-corrected chi connectivity index (χ3v) is 3.38. The first kappa shape index (κ1) is 14.9. The van der Waals surface area contributed by atoms with Gasteiger partial charge in [-0.15, -0.1) is 0 Å². The second-order valence-corrected chi connectivity index (χ2v) is 5.60. The minimum absolute atomic E-state index is 0.165. The molecule has 1 aromatic carbocycles. The van der Waals surface area contributed by atoms with Crippen molar-refractivity contribution in [2.24, 2.45) is 0 Å². The van der Waals surface area contributed by atoms with E-state index in [0.29, 0.717) is 16.6 Å². The summed E-state index contributed by atoms with van der Waals surface area (Å²) in [6.45, 7) is 4.36. The molecule has 6 heteroatoms. The van der Waals surface area contributed by atoms with Crippen molar-refractivity contribution >= 4 is 28.9 Å². The average molecular weight is 312 g/mol. The molecule has 20 heavy (non-hydrogen) atoms. The summed E-state index contributed by atoms with van der Waals surface area (Å²) in [6.07, 6.45) is 1.64. The Kier molecular flexibility index (Phi) is 4.68. The molecule has 0 atom stereocenters. The molecule has 0 fully saturated rings. The van der Waals surface area contributed by atoms with E-state index in [0.717, 1.165) is 11.3 Å². The maximum atomic E-state index is 12.0. The summed E-state index contributed by atoms with van der Waals surface area (Å²) < 4.78 is 1.38. The van der Waals surface area contributed by atoms with Gasteiger partial charge in [0.05, 0.1) is 28.5 Å². The van der Waals surface area contributed by atoms with E-state index in [9.17, 15) is 4.79 Å². The van der Waals surface area contributed by atoms with E-state index in [1.807, 2.05) is 19.9 Å². The van der Waals surface area contributed by atoms with Gasteiger partial charge in [-0.05, 0) is 31.5 Å². The maximum absolute atomic E-state index is 12.0. The lowest BCUT2D eigenvalue weighted by Crippen LogP contribution is -2.24. The summed E-state index contributed by atoms with van der Waals surface area (Å²) in [5.41, 5.74) is 1.43. The first-order valence-electron chi connectivity index (χ1n) is 6.23.